The highest BCUT2D eigenvalue weighted by Gasteiger charge is 2.19. The predicted molar refractivity (Wildman–Crippen MR) is 71.9 cm³/mol. The summed E-state index contributed by atoms with van der Waals surface area (Å²) in [6.45, 7) is 9.26. The van der Waals surface area contributed by atoms with E-state index in [1.807, 2.05) is 0 Å². The van der Waals surface area contributed by atoms with E-state index < -0.39 is 0 Å². The Labute approximate surface area is 108 Å². The van der Waals surface area contributed by atoms with E-state index in [0.29, 0.717) is 6.01 Å². The van der Waals surface area contributed by atoms with Gasteiger partial charge in [-0.05, 0) is 5.41 Å². The lowest BCUT2D eigenvalue weighted by Gasteiger charge is -2.23. The summed E-state index contributed by atoms with van der Waals surface area (Å²) in [5.41, 5.74) is 2.48. The molecule has 1 aromatic rings. The van der Waals surface area contributed by atoms with Crippen molar-refractivity contribution in [3.8, 4) is 6.01 Å². The Hall–Kier alpha value is -1.36. The zero-order valence-corrected chi connectivity index (χ0v) is 11.6. The summed E-state index contributed by atoms with van der Waals surface area (Å²) in [5, 5.41) is 6.77. The number of anilines is 1. The minimum absolute atomic E-state index is 0.215. The van der Waals surface area contributed by atoms with Crippen LogP contribution in [0, 0.1) is 5.41 Å². The Morgan fingerprint density at radius 3 is 2.78 bits per heavy atom. The summed E-state index contributed by atoms with van der Waals surface area (Å²) in [6, 6.07) is 0.451. The van der Waals surface area contributed by atoms with Crippen LogP contribution in [-0.2, 0) is 13.0 Å². The molecule has 0 aromatic carbocycles. The molecule has 0 bridgehead atoms. The second-order valence-electron chi connectivity index (χ2n) is 5.83. The van der Waals surface area contributed by atoms with Crippen molar-refractivity contribution in [3.63, 3.8) is 0 Å². The lowest BCUT2D eigenvalue weighted by Crippen LogP contribution is -2.28. The third kappa shape index (κ3) is 3.10. The quantitative estimate of drug-likeness (QED) is 0.853. The molecule has 0 amide bonds. The molecule has 1 aromatic heterocycles. The number of hydrogen-bond acceptors (Lipinski definition) is 5. The van der Waals surface area contributed by atoms with E-state index in [9.17, 15) is 0 Å². The van der Waals surface area contributed by atoms with Crippen molar-refractivity contribution in [2.24, 2.45) is 5.41 Å². The number of hydrogen-bond donors (Lipinski definition) is 2. The molecule has 0 aliphatic carbocycles. The van der Waals surface area contributed by atoms with Gasteiger partial charge in [0.1, 0.15) is 5.82 Å². The molecule has 0 saturated carbocycles. The molecule has 2 rings (SSSR count). The molecule has 2 N–H and O–H groups in total. The summed E-state index contributed by atoms with van der Waals surface area (Å²) in [7, 11) is 1.61. The fraction of sp³-hybridized carbons (Fsp3) is 0.692. The van der Waals surface area contributed by atoms with Crippen molar-refractivity contribution >= 4 is 5.82 Å². The molecule has 0 fully saturated rings. The number of ether oxygens (including phenoxy) is 1. The SMILES string of the molecule is COc1nc2c(c(NCC(C)(C)C)n1)CNCC2. The summed E-state index contributed by atoms with van der Waals surface area (Å²) < 4.78 is 5.17. The number of nitrogens with one attached hydrogen (secondary N) is 2. The number of rotatable bonds is 3. The van der Waals surface area contributed by atoms with Gasteiger partial charge in [0.25, 0.3) is 0 Å². The van der Waals surface area contributed by atoms with Crippen molar-refractivity contribution < 1.29 is 4.74 Å². The lowest BCUT2D eigenvalue weighted by molar-refractivity contribution is 0.376. The molecule has 0 atom stereocenters. The first-order valence-corrected chi connectivity index (χ1v) is 6.38. The van der Waals surface area contributed by atoms with Crippen LogP contribution in [0.15, 0.2) is 0 Å². The molecule has 0 saturated heterocycles. The van der Waals surface area contributed by atoms with Gasteiger partial charge in [0.05, 0.1) is 12.8 Å². The maximum absolute atomic E-state index is 5.17. The van der Waals surface area contributed by atoms with Crippen molar-refractivity contribution in [2.45, 2.75) is 33.7 Å². The van der Waals surface area contributed by atoms with Gasteiger partial charge in [-0.1, -0.05) is 20.8 Å². The van der Waals surface area contributed by atoms with Gasteiger partial charge in [-0.3, -0.25) is 0 Å². The Morgan fingerprint density at radius 1 is 1.33 bits per heavy atom. The van der Waals surface area contributed by atoms with Gasteiger partial charge in [0.2, 0.25) is 0 Å². The van der Waals surface area contributed by atoms with E-state index in [2.05, 4.69) is 41.4 Å². The Morgan fingerprint density at radius 2 is 2.11 bits per heavy atom. The van der Waals surface area contributed by atoms with Gasteiger partial charge in [-0.25, -0.2) is 0 Å². The lowest BCUT2D eigenvalue weighted by atomic mass is 9.97. The van der Waals surface area contributed by atoms with E-state index in [0.717, 1.165) is 37.6 Å². The van der Waals surface area contributed by atoms with Crippen LogP contribution >= 0.6 is 0 Å². The molecule has 5 heteroatoms. The van der Waals surface area contributed by atoms with Crippen molar-refractivity contribution in [1.82, 2.24) is 15.3 Å². The van der Waals surface area contributed by atoms with Gasteiger partial charge < -0.3 is 15.4 Å². The molecule has 2 heterocycles. The molecule has 100 valence electrons. The van der Waals surface area contributed by atoms with Crippen LogP contribution < -0.4 is 15.4 Å². The van der Waals surface area contributed by atoms with Crippen molar-refractivity contribution in [3.05, 3.63) is 11.3 Å². The first kappa shape index (κ1) is 13.1. The van der Waals surface area contributed by atoms with Crippen LogP contribution in [-0.4, -0.2) is 30.2 Å². The zero-order chi connectivity index (χ0) is 13.2. The molecule has 0 unspecified atom stereocenters. The smallest absolute Gasteiger partial charge is 0.318 e. The molecule has 0 spiro atoms. The van der Waals surface area contributed by atoms with Gasteiger partial charge in [0, 0.05) is 31.6 Å². The van der Waals surface area contributed by atoms with Crippen LogP contribution in [0.4, 0.5) is 5.82 Å². The number of fused-ring (bicyclic) bond motifs is 1. The van der Waals surface area contributed by atoms with Crippen molar-refractivity contribution in [1.29, 1.82) is 0 Å². The molecular formula is C13H22N4O. The van der Waals surface area contributed by atoms with Crippen molar-refractivity contribution in [2.75, 3.05) is 25.5 Å². The maximum atomic E-state index is 5.17. The molecule has 1 aliphatic rings. The van der Waals surface area contributed by atoms with Crippen LogP contribution in [0.2, 0.25) is 0 Å². The number of aromatic nitrogens is 2. The summed E-state index contributed by atoms with van der Waals surface area (Å²) >= 11 is 0. The highest BCUT2D eigenvalue weighted by Crippen LogP contribution is 2.24. The van der Waals surface area contributed by atoms with Crippen LogP contribution in [0.1, 0.15) is 32.0 Å². The van der Waals surface area contributed by atoms with E-state index >= 15 is 0 Å². The highest BCUT2D eigenvalue weighted by molar-refractivity contribution is 5.48. The normalized spacial score (nSPS) is 15.1. The van der Waals surface area contributed by atoms with Gasteiger partial charge in [-0.2, -0.15) is 9.97 Å². The monoisotopic (exact) mass is 250 g/mol. The Kier molecular flexibility index (Phi) is 3.71. The first-order valence-electron chi connectivity index (χ1n) is 6.38. The van der Waals surface area contributed by atoms with E-state index in [1.165, 1.54) is 5.56 Å². The minimum atomic E-state index is 0.215. The summed E-state index contributed by atoms with van der Waals surface area (Å²) in [4.78, 5) is 8.85. The minimum Gasteiger partial charge on any atom is -0.467 e. The fourth-order valence-corrected chi connectivity index (χ4v) is 1.91. The van der Waals surface area contributed by atoms with E-state index in [1.54, 1.807) is 7.11 Å². The largest absolute Gasteiger partial charge is 0.467 e. The standard InChI is InChI=1S/C13H22N4O/c1-13(2,3)8-15-11-9-7-14-6-5-10(9)16-12(17-11)18-4/h14H,5-8H2,1-4H3,(H,15,16,17). The zero-order valence-electron chi connectivity index (χ0n) is 11.6. The summed E-state index contributed by atoms with van der Waals surface area (Å²) in [6.07, 6.45) is 0.929. The summed E-state index contributed by atoms with van der Waals surface area (Å²) in [5.74, 6) is 0.902. The van der Waals surface area contributed by atoms with Crippen LogP contribution in [0.3, 0.4) is 0 Å². The first-order chi connectivity index (χ1) is 8.49. The Bertz CT molecular complexity index is 426. The molecule has 5 nitrogen and oxygen atoms in total. The molecular weight excluding hydrogens is 228 g/mol. The molecule has 1 aliphatic heterocycles. The fourth-order valence-electron chi connectivity index (χ4n) is 1.91. The van der Waals surface area contributed by atoms with Crippen LogP contribution in [0.25, 0.3) is 0 Å². The highest BCUT2D eigenvalue weighted by atomic mass is 16.5. The maximum Gasteiger partial charge on any atom is 0.318 e. The van der Waals surface area contributed by atoms with Crippen LogP contribution in [0.5, 0.6) is 6.01 Å². The third-order valence-electron chi connectivity index (χ3n) is 2.88. The third-order valence-corrected chi connectivity index (χ3v) is 2.88. The van der Waals surface area contributed by atoms with Gasteiger partial charge in [0.15, 0.2) is 0 Å². The number of methoxy groups -OCH3 is 1. The molecule has 18 heavy (non-hydrogen) atoms. The van der Waals surface area contributed by atoms with Gasteiger partial charge >= 0.3 is 6.01 Å². The number of nitrogens with zero attached hydrogens (tertiary/aromatic N) is 2. The predicted octanol–water partition coefficient (Wildman–Crippen LogP) is 1.59. The molecule has 0 radical (unpaired) electrons. The average molecular weight is 250 g/mol. The van der Waals surface area contributed by atoms with E-state index in [4.69, 9.17) is 4.74 Å². The second kappa shape index (κ2) is 5.10. The van der Waals surface area contributed by atoms with Gasteiger partial charge in [-0.15, -0.1) is 0 Å². The average Bonchev–Trinajstić information content (AvgIpc) is 2.34. The topological polar surface area (TPSA) is 59.1 Å². The van der Waals surface area contributed by atoms with E-state index in [-0.39, 0.29) is 5.41 Å². The Balaban J connectivity index is 2.26. The second-order valence-corrected chi connectivity index (χ2v) is 5.83.